The average molecular weight is 557 g/mol. The van der Waals surface area contributed by atoms with Gasteiger partial charge >= 0.3 is 0 Å². The van der Waals surface area contributed by atoms with Crippen molar-refractivity contribution in [1.29, 1.82) is 0 Å². The monoisotopic (exact) mass is 556 g/mol. The van der Waals surface area contributed by atoms with Crippen LogP contribution in [0.2, 0.25) is 0 Å². The van der Waals surface area contributed by atoms with Gasteiger partial charge in [0, 0.05) is 5.56 Å². The van der Waals surface area contributed by atoms with Crippen molar-refractivity contribution in [3.8, 4) is 22.3 Å². The number of amidine groups is 1. The van der Waals surface area contributed by atoms with E-state index in [0.717, 1.165) is 11.1 Å². The zero-order chi connectivity index (χ0) is 27.9. The van der Waals surface area contributed by atoms with Crippen molar-refractivity contribution in [3.05, 3.63) is 173 Å². The molecule has 2 aliphatic carbocycles. The summed E-state index contributed by atoms with van der Waals surface area (Å²) in [5.74, 6) is 0.495. The standard InChI is InChI=1S/C38H24N2OS/c41-42(36-21-11-10-20-35(36)39-37(40-42)25-12-2-1-3-13-25)26-22-23-30-29-16-6-9-19-33(29)38(34(30)24-26)31-17-7-4-14-27(31)28-15-5-8-18-32(28)38/h1-24H. The van der Waals surface area contributed by atoms with Crippen LogP contribution in [0.25, 0.3) is 22.3 Å². The molecule has 9 rings (SSSR count). The Kier molecular flexibility index (Phi) is 4.77. The third kappa shape index (κ3) is 2.94. The number of fused-ring (bicyclic) bond motifs is 11. The fourth-order valence-corrected chi connectivity index (χ4v) is 9.26. The molecule has 1 aliphatic heterocycles. The smallest absolute Gasteiger partial charge is 0.170 e. The van der Waals surface area contributed by atoms with Gasteiger partial charge in [-0.1, -0.05) is 121 Å². The van der Waals surface area contributed by atoms with Gasteiger partial charge in [-0.3, -0.25) is 0 Å². The van der Waals surface area contributed by atoms with Gasteiger partial charge in [0.05, 0.1) is 20.9 Å². The summed E-state index contributed by atoms with van der Waals surface area (Å²) in [4.78, 5) is 6.20. The fraction of sp³-hybridized carbons (Fsp3) is 0.0263. The van der Waals surface area contributed by atoms with Crippen molar-refractivity contribution in [2.45, 2.75) is 15.2 Å². The lowest BCUT2D eigenvalue weighted by atomic mass is 9.70. The van der Waals surface area contributed by atoms with E-state index < -0.39 is 15.1 Å². The Bertz CT molecular complexity index is 2190. The third-order valence-corrected chi connectivity index (χ3v) is 11.2. The Hall–Kier alpha value is -5.06. The number of rotatable bonds is 2. The van der Waals surface area contributed by atoms with Gasteiger partial charge < -0.3 is 0 Å². The highest BCUT2D eigenvalue weighted by Gasteiger charge is 2.51. The van der Waals surface area contributed by atoms with Crippen LogP contribution in [0, 0.1) is 0 Å². The van der Waals surface area contributed by atoms with E-state index in [2.05, 4.69) is 84.9 Å². The Morgan fingerprint density at radius 2 is 1.02 bits per heavy atom. The SMILES string of the molecule is O=S1(c2ccc3c(c2)C2(c4ccccc4-c4ccccc42)c2ccccc2-3)=NC(c2ccccc2)=Nc2ccccc21. The van der Waals surface area contributed by atoms with Gasteiger partial charge in [-0.25, -0.2) is 9.20 Å². The van der Waals surface area contributed by atoms with E-state index in [1.54, 1.807) is 0 Å². The molecule has 6 aromatic carbocycles. The summed E-state index contributed by atoms with van der Waals surface area (Å²) in [7, 11) is -3.04. The molecule has 3 nitrogen and oxygen atoms in total. The van der Waals surface area contributed by atoms with Crippen LogP contribution in [0.3, 0.4) is 0 Å². The molecule has 0 aromatic heterocycles. The van der Waals surface area contributed by atoms with Crippen LogP contribution in [0.4, 0.5) is 5.69 Å². The Balaban J connectivity index is 1.37. The molecule has 4 heteroatoms. The van der Waals surface area contributed by atoms with E-state index in [-0.39, 0.29) is 0 Å². The second-order valence-electron chi connectivity index (χ2n) is 11.0. The van der Waals surface area contributed by atoms with Crippen LogP contribution in [0.5, 0.6) is 0 Å². The number of hydrogen-bond acceptors (Lipinski definition) is 3. The molecule has 1 heterocycles. The highest BCUT2D eigenvalue weighted by atomic mass is 32.2. The molecule has 0 radical (unpaired) electrons. The Morgan fingerprint density at radius 1 is 0.500 bits per heavy atom. The first kappa shape index (κ1) is 23.6. The lowest BCUT2D eigenvalue weighted by Crippen LogP contribution is -2.26. The molecule has 6 aromatic rings. The maximum atomic E-state index is 15.3. The largest absolute Gasteiger partial charge is 0.239 e. The summed E-state index contributed by atoms with van der Waals surface area (Å²) in [6.45, 7) is 0. The lowest BCUT2D eigenvalue weighted by molar-refractivity contribution is 0.676. The van der Waals surface area contributed by atoms with Gasteiger partial charge in [0.2, 0.25) is 0 Å². The van der Waals surface area contributed by atoms with E-state index in [1.807, 2.05) is 60.7 Å². The molecule has 1 spiro atoms. The fourth-order valence-electron chi connectivity index (χ4n) is 7.22. The molecule has 1 atom stereocenters. The summed E-state index contributed by atoms with van der Waals surface area (Å²) in [5.41, 5.74) is 10.9. The van der Waals surface area contributed by atoms with Gasteiger partial charge in [0.1, 0.15) is 9.73 Å². The normalized spacial score (nSPS) is 18.2. The van der Waals surface area contributed by atoms with E-state index >= 15 is 4.21 Å². The second-order valence-corrected chi connectivity index (χ2v) is 13.1. The van der Waals surface area contributed by atoms with Gasteiger partial charge in [-0.2, -0.15) is 4.36 Å². The zero-order valence-corrected chi connectivity index (χ0v) is 23.4. The van der Waals surface area contributed by atoms with Crippen molar-refractivity contribution >= 4 is 21.3 Å². The summed E-state index contributed by atoms with van der Waals surface area (Å²) >= 11 is 0. The first-order valence-corrected chi connectivity index (χ1v) is 15.7. The average Bonchev–Trinajstić information content (AvgIpc) is 3.52. The van der Waals surface area contributed by atoms with E-state index in [0.29, 0.717) is 21.3 Å². The first-order chi connectivity index (χ1) is 20.7. The van der Waals surface area contributed by atoms with Crippen molar-refractivity contribution < 1.29 is 4.21 Å². The minimum atomic E-state index is -3.04. The first-order valence-electron chi connectivity index (χ1n) is 14.1. The maximum Gasteiger partial charge on any atom is 0.170 e. The second kappa shape index (κ2) is 8.48. The van der Waals surface area contributed by atoms with Crippen LogP contribution in [0.1, 0.15) is 27.8 Å². The van der Waals surface area contributed by atoms with Crippen molar-refractivity contribution in [2.75, 3.05) is 0 Å². The molecule has 0 bridgehead atoms. The van der Waals surface area contributed by atoms with Gasteiger partial charge in [0.25, 0.3) is 0 Å². The van der Waals surface area contributed by atoms with Crippen molar-refractivity contribution in [1.82, 2.24) is 0 Å². The number of hydrogen-bond donors (Lipinski definition) is 0. The molecule has 198 valence electrons. The molecule has 0 N–H and O–H groups in total. The number of aliphatic imine (C=N–C) groups is 1. The minimum absolute atomic E-state index is 0.495. The molecule has 3 aliphatic rings. The highest BCUT2D eigenvalue weighted by molar-refractivity contribution is 7.94. The Morgan fingerprint density at radius 3 is 1.67 bits per heavy atom. The van der Waals surface area contributed by atoms with Crippen LogP contribution >= 0.6 is 0 Å². The molecule has 0 saturated carbocycles. The predicted octanol–water partition coefficient (Wildman–Crippen LogP) is 9.01. The van der Waals surface area contributed by atoms with E-state index in [1.165, 1.54) is 38.9 Å². The molecule has 0 amide bonds. The Labute approximate surface area is 245 Å². The van der Waals surface area contributed by atoms with Crippen LogP contribution in [-0.2, 0) is 15.1 Å². The lowest BCUT2D eigenvalue weighted by Gasteiger charge is -2.31. The summed E-state index contributed by atoms with van der Waals surface area (Å²) in [5, 5.41) is 0. The maximum absolute atomic E-state index is 15.3. The molecule has 0 saturated heterocycles. The van der Waals surface area contributed by atoms with Crippen LogP contribution in [-0.4, -0.2) is 10.0 Å². The van der Waals surface area contributed by atoms with Crippen molar-refractivity contribution in [2.24, 2.45) is 9.36 Å². The van der Waals surface area contributed by atoms with Gasteiger partial charge in [-0.05, 0) is 68.8 Å². The third-order valence-electron chi connectivity index (χ3n) is 8.92. The molecule has 0 fully saturated rings. The van der Waals surface area contributed by atoms with Gasteiger partial charge in [-0.15, -0.1) is 0 Å². The summed E-state index contributed by atoms with van der Waals surface area (Å²) in [6.07, 6.45) is 0. The number of benzene rings is 6. The summed E-state index contributed by atoms with van der Waals surface area (Å²) in [6, 6.07) is 50.0. The minimum Gasteiger partial charge on any atom is -0.239 e. The molecule has 42 heavy (non-hydrogen) atoms. The molecular weight excluding hydrogens is 532 g/mol. The van der Waals surface area contributed by atoms with Gasteiger partial charge in [0.15, 0.2) is 5.84 Å². The predicted molar refractivity (Wildman–Crippen MR) is 169 cm³/mol. The topological polar surface area (TPSA) is 41.8 Å². The van der Waals surface area contributed by atoms with Crippen molar-refractivity contribution in [3.63, 3.8) is 0 Å². The summed E-state index contributed by atoms with van der Waals surface area (Å²) < 4.78 is 20.3. The number of para-hydroxylation sites is 1. The van der Waals surface area contributed by atoms with E-state index in [4.69, 9.17) is 9.36 Å². The molecular formula is C38H24N2OS. The van der Waals surface area contributed by atoms with Crippen LogP contribution < -0.4 is 0 Å². The number of nitrogens with zero attached hydrogens (tertiary/aromatic N) is 2. The quantitative estimate of drug-likeness (QED) is 0.209. The zero-order valence-electron chi connectivity index (χ0n) is 22.6. The highest BCUT2D eigenvalue weighted by Crippen LogP contribution is 2.63. The van der Waals surface area contributed by atoms with E-state index in [9.17, 15) is 0 Å². The molecule has 1 unspecified atom stereocenters. The van der Waals surface area contributed by atoms with Crippen LogP contribution in [0.15, 0.2) is 165 Å².